The van der Waals surface area contributed by atoms with Gasteiger partial charge in [-0.1, -0.05) is 25.0 Å². The van der Waals surface area contributed by atoms with Crippen LogP contribution in [-0.2, 0) is 10.2 Å². The SMILES string of the molecule is CN(C)C(CNS(=O)(=O)N1CCCCCC1)c1ccc(F)cc1. The van der Waals surface area contributed by atoms with E-state index in [-0.39, 0.29) is 18.4 Å². The van der Waals surface area contributed by atoms with Crippen LogP contribution in [0.4, 0.5) is 4.39 Å². The Labute approximate surface area is 138 Å². The van der Waals surface area contributed by atoms with Gasteiger partial charge in [0, 0.05) is 25.7 Å². The van der Waals surface area contributed by atoms with Crippen molar-refractivity contribution in [1.82, 2.24) is 13.9 Å². The van der Waals surface area contributed by atoms with Crippen molar-refractivity contribution in [3.05, 3.63) is 35.6 Å². The minimum Gasteiger partial charge on any atom is -0.301 e. The maximum atomic E-state index is 13.1. The summed E-state index contributed by atoms with van der Waals surface area (Å²) in [5.41, 5.74) is 0.884. The molecule has 23 heavy (non-hydrogen) atoms. The Bertz CT molecular complexity index is 582. The minimum atomic E-state index is -3.47. The van der Waals surface area contributed by atoms with Crippen molar-refractivity contribution < 1.29 is 12.8 Å². The molecule has 5 nitrogen and oxygen atoms in total. The molecule has 0 aromatic heterocycles. The Morgan fingerprint density at radius 1 is 1.13 bits per heavy atom. The van der Waals surface area contributed by atoms with Gasteiger partial charge < -0.3 is 4.90 Å². The zero-order valence-electron chi connectivity index (χ0n) is 13.8. The molecule has 1 aliphatic heterocycles. The standard InChI is InChI=1S/C16H26FN3O2S/c1-19(2)16(14-7-9-15(17)10-8-14)13-18-23(21,22)20-11-5-3-4-6-12-20/h7-10,16,18H,3-6,11-13H2,1-2H3. The molecule has 1 saturated heterocycles. The van der Waals surface area contributed by atoms with E-state index in [1.165, 1.54) is 16.4 Å². The second-order valence-electron chi connectivity index (χ2n) is 6.20. The molecule has 1 fully saturated rings. The van der Waals surface area contributed by atoms with Crippen molar-refractivity contribution in [1.29, 1.82) is 0 Å². The van der Waals surface area contributed by atoms with E-state index < -0.39 is 10.2 Å². The highest BCUT2D eigenvalue weighted by Crippen LogP contribution is 2.19. The second-order valence-corrected chi connectivity index (χ2v) is 7.95. The highest BCUT2D eigenvalue weighted by molar-refractivity contribution is 7.87. The zero-order valence-corrected chi connectivity index (χ0v) is 14.7. The van der Waals surface area contributed by atoms with E-state index in [0.29, 0.717) is 13.1 Å². The monoisotopic (exact) mass is 343 g/mol. The molecule has 0 amide bonds. The van der Waals surface area contributed by atoms with Gasteiger partial charge in [-0.3, -0.25) is 0 Å². The van der Waals surface area contributed by atoms with E-state index >= 15 is 0 Å². The van der Waals surface area contributed by atoms with E-state index in [4.69, 9.17) is 0 Å². The molecule has 2 rings (SSSR count). The lowest BCUT2D eigenvalue weighted by Gasteiger charge is -2.27. The van der Waals surface area contributed by atoms with Crippen LogP contribution in [0.25, 0.3) is 0 Å². The summed E-state index contributed by atoms with van der Waals surface area (Å²) in [6.45, 7) is 1.43. The first-order valence-electron chi connectivity index (χ1n) is 8.07. The van der Waals surface area contributed by atoms with Crippen LogP contribution in [0.2, 0.25) is 0 Å². The second kappa shape index (κ2) is 8.19. The molecule has 1 heterocycles. The van der Waals surface area contributed by atoms with E-state index in [2.05, 4.69) is 4.72 Å². The molecule has 1 aromatic carbocycles. The summed E-state index contributed by atoms with van der Waals surface area (Å²) in [5.74, 6) is -0.295. The van der Waals surface area contributed by atoms with Gasteiger partial charge in [-0.05, 0) is 44.6 Å². The van der Waals surface area contributed by atoms with Crippen molar-refractivity contribution in [2.75, 3.05) is 33.7 Å². The molecule has 0 spiro atoms. The molecular formula is C16H26FN3O2S. The number of nitrogens with one attached hydrogen (secondary N) is 1. The average Bonchev–Trinajstić information content (AvgIpc) is 2.78. The van der Waals surface area contributed by atoms with Crippen molar-refractivity contribution in [2.45, 2.75) is 31.7 Å². The van der Waals surface area contributed by atoms with E-state index in [9.17, 15) is 12.8 Å². The fourth-order valence-corrected chi connectivity index (χ4v) is 4.13. The van der Waals surface area contributed by atoms with Gasteiger partial charge in [0.2, 0.25) is 0 Å². The first-order valence-corrected chi connectivity index (χ1v) is 9.51. The number of benzene rings is 1. The topological polar surface area (TPSA) is 52.7 Å². The summed E-state index contributed by atoms with van der Waals surface area (Å²) in [5, 5.41) is 0. The summed E-state index contributed by atoms with van der Waals surface area (Å²) >= 11 is 0. The van der Waals surface area contributed by atoms with Crippen LogP contribution in [0.15, 0.2) is 24.3 Å². The van der Waals surface area contributed by atoms with E-state index in [0.717, 1.165) is 31.2 Å². The van der Waals surface area contributed by atoms with Crippen LogP contribution in [0.1, 0.15) is 37.3 Å². The third-order valence-corrected chi connectivity index (χ3v) is 5.82. The smallest absolute Gasteiger partial charge is 0.279 e. The van der Waals surface area contributed by atoms with Crippen molar-refractivity contribution in [2.24, 2.45) is 0 Å². The number of rotatable bonds is 6. The summed E-state index contributed by atoms with van der Waals surface area (Å²) in [6.07, 6.45) is 4.00. The molecule has 1 unspecified atom stereocenters. The summed E-state index contributed by atoms with van der Waals surface area (Å²) in [4.78, 5) is 1.93. The van der Waals surface area contributed by atoms with Crippen LogP contribution in [0.5, 0.6) is 0 Å². The lowest BCUT2D eigenvalue weighted by Crippen LogP contribution is -2.44. The van der Waals surface area contributed by atoms with Crippen LogP contribution < -0.4 is 4.72 Å². The number of hydrogen-bond acceptors (Lipinski definition) is 3. The normalized spacial score (nSPS) is 18.8. The fourth-order valence-electron chi connectivity index (χ4n) is 2.84. The maximum absolute atomic E-state index is 13.1. The highest BCUT2D eigenvalue weighted by atomic mass is 32.2. The third-order valence-electron chi connectivity index (χ3n) is 4.24. The molecule has 1 aliphatic rings. The van der Waals surface area contributed by atoms with Gasteiger partial charge in [0.25, 0.3) is 10.2 Å². The first kappa shape index (κ1) is 18.3. The molecule has 130 valence electrons. The third kappa shape index (κ3) is 5.24. The van der Waals surface area contributed by atoms with E-state index in [1.54, 1.807) is 12.1 Å². The molecule has 0 saturated carbocycles. The Balaban J connectivity index is 2.04. The Morgan fingerprint density at radius 3 is 2.22 bits per heavy atom. The highest BCUT2D eigenvalue weighted by Gasteiger charge is 2.24. The molecular weight excluding hydrogens is 317 g/mol. The van der Waals surface area contributed by atoms with Gasteiger partial charge in [-0.15, -0.1) is 0 Å². The number of halogens is 1. The lowest BCUT2D eigenvalue weighted by molar-refractivity contribution is 0.296. The number of nitrogens with zero attached hydrogens (tertiary/aromatic N) is 2. The molecule has 1 atom stereocenters. The van der Waals surface area contributed by atoms with Gasteiger partial charge in [0.15, 0.2) is 0 Å². The van der Waals surface area contributed by atoms with Crippen molar-refractivity contribution in [3.63, 3.8) is 0 Å². The van der Waals surface area contributed by atoms with Crippen LogP contribution >= 0.6 is 0 Å². The van der Waals surface area contributed by atoms with Gasteiger partial charge in [0.1, 0.15) is 5.82 Å². The van der Waals surface area contributed by atoms with Crippen LogP contribution in [0, 0.1) is 5.82 Å². The summed E-state index contributed by atoms with van der Waals surface area (Å²) in [6, 6.07) is 6.04. The Morgan fingerprint density at radius 2 is 1.70 bits per heavy atom. The van der Waals surface area contributed by atoms with Gasteiger partial charge >= 0.3 is 0 Å². The van der Waals surface area contributed by atoms with E-state index in [1.807, 2.05) is 19.0 Å². The predicted molar refractivity (Wildman–Crippen MR) is 89.8 cm³/mol. The summed E-state index contributed by atoms with van der Waals surface area (Å²) < 4.78 is 42.3. The lowest BCUT2D eigenvalue weighted by atomic mass is 10.1. The minimum absolute atomic E-state index is 0.141. The quantitative estimate of drug-likeness (QED) is 0.861. The van der Waals surface area contributed by atoms with Gasteiger partial charge in [-0.2, -0.15) is 12.7 Å². The zero-order chi connectivity index (χ0) is 16.9. The predicted octanol–water partition coefficient (Wildman–Crippen LogP) is 2.14. The van der Waals surface area contributed by atoms with Crippen molar-refractivity contribution >= 4 is 10.2 Å². The largest absolute Gasteiger partial charge is 0.301 e. The molecule has 7 heteroatoms. The number of likely N-dealkylation sites (N-methyl/N-ethyl adjacent to an activating group) is 1. The van der Waals surface area contributed by atoms with Crippen LogP contribution in [-0.4, -0.2) is 51.4 Å². The van der Waals surface area contributed by atoms with Gasteiger partial charge in [0.05, 0.1) is 0 Å². The molecule has 0 bridgehead atoms. The Kier molecular flexibility index (Phi) is 6.52. The van der Waals surface area contributed by atoms with Crippen LogP contribution in [0.3, 0.4) is 0 Å². The molecule has 1 aromatic rings. The average molecular weight is 343 g/mol. The fraction of sp³-hybridized carbons (Fsp3) is 0.625. The Hall–Kier alpha value is -1.02. The van der Waals surface area contributed by atoms with Crippen molar-refractivity contribution in [3.8, 4) is 0 Å². The molecule has 0 aliphatic carbocycles. The maximum Gasteiger partial charge on any atom is 0.279 e. The summed E-state index contributed by atoms with van der Waals surface area (Å²) in [7, 11) is 0.298. The van der Waals surface area contributed by atoms with Gasteiger partial charge in [-0.25, -0.2) is 9.11 Å². The molecule has 1 N–H and O–H groups in total. The number of hydrogen-bond donors (Lipinski definition) is 1. The molecule has 0 radical (unpaired) electrons. The first-order chi connectivity index (χ1) is 10.9.